The highest BCUT2D eigenvalue weighted by Gasteiger charge is 2.13. The lowest BCUT2D eigenvalue weighted by molar-refractivity contribution is 0.282. The molecule has 0 aliphatic heterocycles. The molecule has 1 fully saturated rings. The van der Waals surface area contributed by atoms with Gasteiger partial charge in [0.25, 0.3) is 0 Å². The van der Waals surface area contributed by atoms with Crippen molar-refractivity contribution < 1.29 is 13.5 Å². The number of ether oxygens (including phenoxy) is 1. The predicted molar refractivity (Wildman–Crippen MR) is 79.0 cm³/mol. The first-order chi connectivity index (χ1) is 9.66. The second kappa shape index (κ2) is 7.93. The summed E-state index contributed by atoms with van der Waals surface area (Å²) >= 11 is 3.10. The molecule has 0 saturated heterocycles. The fraction of sp³-hybridized carbons (Fsp3) is 0.600. The van der Waals surface area contributed by atoms with Gasteiger partial charge in [0.15, 0.2) is 11.6 Å². The summed E-state index contributed by atoms with van der Waals surface area (Å²) in [4.78, 5) is 0. The Morgan fingerprint density at radius 2 is 1.95 bits per heavy atom. The Labute approximate surface area is 127 Å². The van der Waals surface area contributed by atoms with Gasteiger partial charge in [-0.15, -0.1) is 0 Å². The van der Waals surface area contributed by atoms with Gasteiger partial charge in [0.1, 0.15) is 12.4 Å². The smallest absolute Gasteiger partial charge is 0.169 e. The van der Waals surface area contributed by atoms with Crippen LogP contribution in [0.3, 0.4) is 0 Å². The van der Waals surface area contributed by atoms with Crippen molar-refractivity contribution in [2.45, 2.75) is 32.1 Å². The number of rotatable bonds is 6. The van der Waals surface area contributed by atoms with E-state index >= 15 is 0 Å². The van der Waals surface area contributed by atoms with E-state index < -0.39 is 11.6 Å². The van der Waals surface area contributed by atoms with Gasteiger partial charge in [0.2, 0.25) is 0 Å². The molecule has 1 saturated carbocycles. The van der Waals surface area contributed by atoms with Gasteiger partial charge in [-0.2, -0.15) is 0 Å². The summed E-state index contributed by atoms with van der Waals surface area (Å²) in [7, 11) is 0. The number of nitrogens with one attached hydrogen (secondary N) is 1. The molecule has 0 aromatic heterocycles. The van der Waals surface area contributed by atoms with Crippen molar-refractivity contribution in [1.29, 1.82) is 0 Å². The predicted octanol–water partition coefficient (Wildman–Crippen LogP) is 4.28. The zero-order valence-corrected chi connectivity index (χ0v) is 13.0. The molecule has 2 rings (SSSR count). The second-order valence-electron chi connectivity index (χ2n) is 5.26. The van der Waals surface area contributed by atoms with Crippen molar-refractivity contribution in [2.75, 3.05) is 19.7 Å². The molecule has 1 N–H and O–H groups in total. The van der Waals surface area contributed by atoms with Gasteiger partial charge in [-0.05, 0) is 47.3 Å². The fourth-order valence-corrected chi connectivity index (χ4v) is 3.11. The van der Waals surface area contributed by atoms with Crippen LogP contribution in [-0.4, -0.2) is 19.7 Å². The largest absolute Gasteiger partial charge is 0.488 e. The third kappa shape index (κ3) is 4.70. The van der Waals surface area contributed by atoms with Crippen molar-refractivity contribution in [3.05, 3.63) is 28.2 Å². The van der Waals surface area contributed by atoms with Crippen LogP contribution in [0.2, 0.25) is 0 Å². The molecule has 2 nitrogen and oxygen atoms in total. The minimum atomic E-state index is -0.677. The number of halogens is 3. The Balaban J connectivity index is 1.68. The van der Waals surface area contributed by atoms with Gasteiger partial charge in [0.05, 0.1) is 4.47 Å². The summed E-state index contributed by atoms with van der Waals surface area (Å²) in [5.41, 5.74) is 0. The first-order valence-corrected chi connectivity index (χ1v) is 7.94. The minimum Gasteiger partial charge on any atom is -0.488 e. The highest BCUT2D eigenvalue weighted by Crippen LogP contribution is 2.29. The SMILES string of the molecule is Fc1cc(F)c(OCCNCC2CCCCC2)c(Br)c1. The molecular formula is C15H20BrF2NO. The quantitative estimate of drug-likeness (QED) is 0.775. The van der Waals surface area contributed by atoms with Gasteiger partial charge in [-0.3, -0.25) is 0 Å². The van der Waals surface area contributed by atoms with Crippen molar-refractivity contribution in [1.82, 2.24) is 5.32 Å². The van der Waals surface area contributed by atoms with Crippen LogP contribution in [0.25, 0.3) is 0 Å². The lowest BCUT2D eigenvalue weighted by Crippen LogP contribution is -2.28. The van der Waals surface area contributed by atoms with Crippen LogP contribution >= 0.6 is 15.9 Å². The van der Waals surface area contributed by atoms with Crippen LogP contribution in [0.4, 0.5) is 8.78 Å². The summed E-state index contributed by atoms with van der Waals surface area (Å²) in [5, 5.41) is 3.34. The van der Waals surface area contributed by atoms with Crippen LogP contribution in [0.1, 0.15) is 32.1 Å². The lowest BCUT2D eigenvalue weighted by atomic mass is 9.89. The standard InChI is InChI=1S/C15H20BrF2NO/c16-13-8-12(17)9-14(18)15(13)20-7-6-19-10-11-4-2-1-3-5-11/h8-9,11,19H,1-7,10H2. The average molecular weight is 348 g/mol. The van der Waals surface area contributed by atoms with Crippen LogP contribution in [0, 0.1) is 17.6 Å². The molecule has 0 bridgehead atoms. The highest BCUT2D eigenvalue weighted by atomic mass is 79.9. The Morgan fingerprint density at radius 1 is 1.20 bits per heavy atom. The number of hydrogen-bond donors (Lipinski definition) is 1. The van der Waals surface area contributed by atoms with Gasteiger partial charge in [-0.1, -0.05) is 19.3 Å². The normalized spacial score (nSPS) is 16.4. The molecular weight excluding hydrogens is 328 g/mol. The van der Waals surface area contributed by atoms with E-state index in [1.54, 1.807) is 0 Å². The molecule has 20 heavy (non-hydrogen) atoms. The third-order valence-corrected chi connectivity index (χ3v) is 4.24. The number of hydrogen-bond acceptors (Lipinski definition) is 2. The Bertz CT molecular complexity index is 413. The van der Waals surface area contributed by atoms with Gasteiger partial charge in [0, 0.05) is 12.6 Å². The number of benzene rings is 1. The van der Waals surface area contributed by atoms with Crippen molar-refractivity contribution >= 4 is 15.9 Å². The summed E-state index contributed by atoms with van der Waals surface area (Å²) < 4.78 is 32.1. The van der Waals surface area contributed by atoms with E-state index in [1.807, 2.05) is 0 Å². The van der Waals surface area contributed by atoms with Crippen molar-refractivity contribution in [3.63, 3.8) is 0 Å². The molecule has 112 valence electrons. The fourth-order valence-electron chi connectivity index (χ4n) is 2.59. The van der Waals surface area contributed by atoms with Crippen molar-refractivity contribution in [3.8, 4) is 5.75 Å². The van der Waals surface area contributed by atoms with E-state index in [4.69, 9.17) is 4.74 Å². The molecule has 5 heteroatoms. The van der Waals surface area contributed by atoms with E-state index in [2.05, 4.69) is 21.2 Å². The second-order valence-corrected chi connectivity index (χ2v) is 6.11. The summed E-state index contributed by atoms with van der Waals surface area (Å²) in [5.74, 6) is -0.454. The van der Waals surface area contributed by atoms with Crippen LogP contribution in [-0.2, 0) is 0 Å². The molecule has 0 radical (unpaired) electrons. The highest BCUT2D eigenvalue weighted by molar-refractivity contribution is 9.10. The summed E-state index contributed by atoms with van der Waals surface area (Å²) in [6.07, 6.45) is 6.61. The summed E-state index contributed by atoms with van der Waals surface area (Å²) in [6, 6.07) is 2.03. The monoisotopic (exact) mass is 347 g/mol. The maximum absolute atomic E-state index is 13.5. The topological polar surface area (TPSA) is 21.3 Å². The van der Waals surface area contributed by atoms with E-state index in [0.29, 0.717) is 17.6 Å². The maximum atomic E-state index is 13.5. The Hall–Kier alpha value is -0.680. The molecule has 0 amide bonds. The molecule has 1 aliphatic rings. The molecule has 0 spiro atoms. The molecule has 0 heterocycles. The molecule has 1 aromatic rings. The van der Waals surface area contributed by atoms with E-state index in [9.17, 15) is 8.78 Å². The Kier molecular flexibility index (Phi) is 6.23. The molecule has 0 unspecified atom stereocenters. The van der Waals surface area contributed by atoms with E-state index in [0.717, 1.165) is 18.5 Å². The molecule has 0 atom stereocenters. The zero-order valence-electron chi connectivity index (χ0n) is 11.4. The minimum absolute atomic E-state index is 0.0749. The van der Waals surface area contributed by atoms with Gasteiger partial charge < -0.3 is 10.1 Å². The van der Waals surface area contributed by atoms with Crippen molar-refractivity contribution in [2.24, 2.45) is 5.92 Å². The first kappa shape index (κ1) is 15.7. The van der Waals surface area contributed by atoms with Crippen LogP contribution in [0.5, 0.6) is 5.75 Å². The zero-order chi connectivity index (χ0) is 14.4. The van der Waals surface area contributed by atoms with Crippen LogP contribution < -0.4 is 10.1 Å². The molecule has 1 aromatic carbocycles. The van der Waals surface area contributed by atoms with E-state index in [-0.39, 0.29) is 5.75 Å². The lowest BCUT2D eigenvalue weighted by Gasteiger charge is -2.21. The molecule has 1 aliphatic carbocycles. The first-order valence-electron chi connectivity index (χ1n) is 7.15. The van der Waals surface area contributed by atoms with E-state index in [1.165, 1.54) is 38.2 Å². The third-order valence-electron chi connectivity index (χ3n) is 3.65. The van der Waals surface area contributed by atoms with Gasteiger partial charge >= 0.3 is 0 Å². The van der Waals surface area contributed by atoms with Crippen LogP contribution in [0.15, 0.2) is 16.6 Å². The average Bonchev–Trinajstić information content (AvgIpc) is 2.42. The summed E-state index contributed by atoms with van der Waals surface area (Å²) in [6.45, 7) is 2.03. The maximum Gasteiger partial charge on any atom is 0.169 e. The Morgan fingerprint density at radius 3 is 2.65 bits per heavy atom. The van der Waals surface area contributed by atoms with Gasteiger partial charge in [-0.25, -0.2) is 8.78 Å².